The van der Waals surface area contributed by atoms with Crippen LogP contribution in [-0.2, 0) is 24.8 Å². The minimum absolute atomic E-state index is 0.0278. The van der Waals surface area contributed by atoms with Crippen molar-refractivity contribution >= 4 is 5.91 Å². The molecule has 0 saturated heterocycles. The molecule has 2 aromatic rings. The maximum Gasteiger partial charge on any atom is 0.243 e. The molecule has 0 bridgehead atoms. The van der Waals surface area contributed by atoms with Gasteiger partial charge in [0.2, 0.25) is 5.91 Å². The van der Waals surface area contributed by atoms with Crippen LogP contribution >= 0.6 is 0 Å². The number of carbonyl (C=O) groups is 1. The van der Waals surface area contributed by atoms with E-state index in [-0.39, 0.29) is 11.9 Å². The predicted octanol–water partition coefficient (Wildman–Crippen LogP) is 1.44. The van der Waals surface area contributed by atoms with Gasteiger partial charge in [-0.2, -0.15) is 0 Å². The number of imidazole rings is 1. The molecular formula is C17H23N5O. The van der Waals surface area contributed by atoms with Crippen molar-refractivity contribution in [2.45, 2.75) is 38.9 Å². The van der Waals surface area contributed by atoms with E-state index in [4.69, 9.17) is 0 Å². The molecule has 122 valence electrons. The molecule has 1 amide bonds. The fraction of sp³-hybridized carbons (Fsp3) is 0.471. The molecule has 1 unspecified atom stereocenters. The molecule has 1 aliphatic rings. The third-order valence-electron chi connectivity index (χ3n) is 4.39. The van der Waals surface area contributed by atoms with Gasteiger partial charge in [0.05, 0.1) is 17.7 Å². The number of pyridine rings is 1. The van der Waals surface area contributed by atoms with Gasteiger partial charge in [-0.1, -0.05) is 0 Å². The topological polar surface area (TPSA) is 63.1 Å². The summed E-state index contributed by atoms with van der Waals surface area (Å²) in [6.07, 6.45) is 6.17. The highest BCUT2D eigenvalue weighted by Crippen LogP contribution is 2.30. The van der Waals surface area contributed by atoms with E-state index in [0.717, 1.165) is 29.9 Å². The largest absolute Gasteiger partial charge is 0.350 e. The second kappa shape index (κ2) is 6.50. The Kier molecular flexibility index (Phi) is 4.43. The first-order valence-corrected chi connectivity index (χ1v) is 8.00. The number of amides is 1. The molecule has 0 aromatic carbocycles. The van der Waals surface area contributed by atoms with Gasteiger partial charge in [-0.15, -0.1) is 0 Å². The molecule has 23 heavy (non-hydrogen) atoms. The van der Waals surface area contributed by atoms with Gasteiger partial charge < -0.3 is 9.88 Å². The molecule has 2 aromatic heterocycles. The van der Waals surface area contributed by atoms with Crippen molar-refractivity contribution in [1.29, 1.82) is 0 Å². The third kappa shape index (κ3) is 3.12. The number of nitrogens with zero attached hydrogens (tertiary/aromatic N) is 4. The number of nitrogens with one attached hydrogen (secondary N) is 1. The molecular weight excluding hydrogens is 290 g/mol. The zero-order chi connectivity index (χ0) is 16.4. The number of carbonyl (C=O) groups excluding carboxylic acids is 1. The van der Waals surface area contributed by atoms with Crippen LogP contribution < -0.4 is 5.32 Å². The first kappa shape index (κ1) is 15.7. The van der Waals surface area contributed by atoms with Crippen LogP contribution in [0, 0.1) is 0 Å². The van der Waals surface area contributed by atoms with Crippen LogP contribution in [0.25, 0.3) is 0 Å². The van der Waals surface area contributed by atoms with Gasteiger partial charge in [0.25, 0.3) is 0 Å². The van der Waals surface area contributed by atoms with E-state index in [1.807, 2.05) is 23.7 Å². The molecule has 6 heteroatoms. The normalized spacial score (nSPS) is 18.0. The molecule has 3 heterocycles. The molecule has 0 aliphatic carbocycles. The van der Waals surface area contributed by atoms with E-state index in [1.165, 1.54) is 0 Å². The number of aromatic nitrogens is 3. The van der Waals surface area contributed by atoms with Crippen molar-refractivity contribution in [3.05, 3.63) is 47.8 Å². The summed E-state index contributed by atoms with van der Waals surface area (Å²) < 4.78 is 1.97. The molecule has 1 aliphatic heterocycles. The fourth-order valence-electron chi connectivity index (χ4n) is 3.17. The first-order valence-electron chi connectivity index (χ1n) is 8.00. The van der Waals surface area contributed by atoms with Gasteiger partial charge in [0, 0.05) is 45.0 Å². The first-order chi connectivity index (χ1) is 11.1. The predicted molar refractivity (Wildman–Crippen MR) is 87.6 cm³/mol. The van der Waals surface area contributed by atoms with E-state index in [1.54, 1.807) is 18.7 Å². The summed E-state index contributed by atoms with van der Waals surface area (Å²) in [5.41, 5.74) is 3.09. The number of rotatable bonds is 4. The van der Waals surface area contributed by atoms with E-state index >= 15 is 0 Å². The maximum absolute atomic E-state index is 12.9. The zero-order valence-electron chi connectivity index (χ0n) is 13.9. The number of hydrogen-bond donors (Lipinski definition) is 1. The Hall–Kier alpha value is -2.21. The summed E-state index contributed by atoms with van der Waals surface area (Å²) in [6, 6.07) is 3.84. The zero-order valence-corrected chi connectivity index (χ0v) is 13.9. The van der Waals surface area contributed by atoms with Crippen LogP contribution in [-0.4, -0.2) is 37.9 Å². The highest BCUT2D eigenvalue weighted by Gasteiger charge is 2.37. The summed E-state index contributed by atoms with van der Waals surface area (Å²) in [5, 5.41) is 3.06. The van der Waals surface area contributed by atoms with Gasteiger partial charge in [0.15, 0.2) is 0 Å². The lowest BCUT2D eigenvalue weighted by atomic mass is 9.99. The second-order valence-corrected chi connectivity index (χ2v) is 6.24. The van der Waals surface area contributed by atoms with Crippen LogP contribution in [0.15, 0.2) is 30.9 Å². The smallest absolute Gasteiger partial charge is 0.243 e. The Bertz CT molecular complexity index is 680. The number of fused-ring (bicyclic) bond motifs is 1. The van der Waals surface area contributed by atoms with Crippen molar-refractivity contribution in [2.24, 2.45) is 7.05 Å². The highest BCUT2D eigenvalue weighted by atomic mass is 16.2. The monoisotopic (exact) mass is 313 g/mol. The fourth-order valence-corrected chi connectivity index (χ4v) is 3.17. The summed E-state index contributed by atoms with van der Waals surface area (Å²) in [7, 11) is 1.96. The minimum Gasteiger partial charge on any atom is -0.350 e. The Morgan fingerprint density at radius 1 is 1.39 bits per heavy atom. The van der Waals surface area contributed by atoms with Crippen molar-refractivity contribution in [1.82, 2.24) is 24.8 Å². The average molecular weight is 313 g/mol. The Morgan fingerprint density at radius 2 is 2.13 bits per heavy atom. The summed E-state index contributed by atoms with van der Waals surface area (Å²) in [6.45, 7) is 5.63. The van der Waals surface area contributed by atoms with Crippen LogP contribution in [0.5, 0.6) is 0 Å². The Morgan fingerprint density at radius 3 is 2.83 bits per heavy atom. The standard InChI is InChI=1S/C17H23N5O/c1-12(2)22-9-6-14-15(21(3)11-20-14)16(22)17(23)19-10-13-4-7-18-8-5-13/h4-5,7-8,11-12,16H,6,9-10H2,1-3H3,(H,19,23). The molecule has 0 fully saturated rings. The highest BCUT2D eigenvalue weighted by molar-refractivity contribution is 5.83. The third-order valence-corrected chi connectivity index (χ3v) is 4.39. The Balaban J connectivity index is 1.82. The van der Waals surface area contributed by atoms with Gasteiger partial charge in [-0.3, -0.25) is 14.7 Å². The number of aryl methyl sites for hydroxylation is 1. The van der Waals surface area contributed by atoms with Crippen molar-refractivity contribution in [2.75, 3.05) is 6.54 Å². The molecule has 1 N–H and O–H groups in total. The van der Waals surface area contributed by atoms with E-state index < -0.39 is 0 Å². The van der Waals surface area contributed by atoms with Gasteiger partial charge in [-0.05, 0) is 31.5 Å². The molecule has 3 rings (SSSR count). The lowest BCUT2D eigenvalue weighted by Gasteiger charge is -2.37. The lowest BCUT2D eigenvalue weighted by Crippen LogP contribution is -2.47. The van der Waals surface area contributed by atoms with Gasteiger partial charge in [0.1, 0.15) is 6.04 Å². The lowest BCUT2D eigenvalue weighted by molar-refractivity contribution is -0.128. The quantitative estimate of drug-likeness (QED) is 0.928. The molecule has 0 spiro atoms. The van der Waals surface area contributed by atoms with Gasteiger partial charge in [-0.25, -0.2) is 4.98 Å². The van der Waals surface area contributed by atoms with Crippen molar-refractivity contribution in [3.8, 4) is 0 Å². The minimum atomic E-state index is -0.284. The van der Waals surface area contributed by atoms with E-state index in [0.29, 0.717) is 12.6 Å². The summed E-state index contributed by atoms with van der Waals surface area (Å²) in [5.74, 6) is 0.0278. The molecule has 6 nitrogen and oxygen atoms in total. The van der Waals surface area contributed by atoms with Gasteiger partial charge >= 0.3 is 0 Å². The van der Waals surface area contributed by atoms with Crippen molar-refractivity contribution in [3.63, 3.8) is 0 Å². The average Bonchev–Trinajstić information content (AvgIpc) is 2.94. The molecule has 0 radical (unpaired) electrons. The summed E-state index contributed by atoms with van der Waals surface area (Å²) in [4.78, 5) is 23.6. The maximum atomic E-state index is 12.9. The SMILES string of the molecule is CC(C)N1CCc2ncn(C)c2C1C(=O)NCc1ccncc1. The van der Waals surface area contributed by atoms with Crippen LogP contribution in [0.4, 0.5) is 0 Å². The second-order valence-electron chi connectivity index (χ2n) is 6.24. The van der Waals surface area contributed by atoms with Crippen LogP contribution in [0.1, 0.15) is 36.8 Å². The number of hydrogen-bond acceptors (Lipinski definition) is 4. The molecule has 0 saturated carbocycles. The summed E-state index contributed by atoms with van der Waals surface area (Å²) >= 11 is 0. The Labute approximate surface area is 136 Å². The van der Waals surface area contributed by atoms with Crippen LogP contribution in [0.2, 0.25) is 0 Å². The molecule has 1 atom stereocenters. The van der Waals surface area contributed by atoms with Crippen molar-refractivity contribution < 1.29 is 4.79 Å². The van der Waals surface area contributed by atoms with E-state index in [9.17, 15) is 4.79 Å². The van der Waals surface area contributed by atoms with Crippen LogP contribution in [0.3, 0.4) is 0 Å². The van der Waals surface area contributed by atoms with E-state index in [2.05, 4.69) is 34.0 Å².